The van der Waals surface area contributed by atoms with Crippen molar-refractivity contribution in [1.82, 2.24) is 15.6 Å². The van der Waals surface area contributed by atoms with Gasteiger partial charge >= 0.3 is 0 Å². The highest BCUT2D eigenvalue weighted by atomic mass is 127. The van der Waals surface area contributed by atoms with E-state index in [0.29, 0.717) is 0 Å². The van der Waals surface area contributed by atoms with Crippen LogP contribution in [-0.2, 0) is 17.6 Å². The molecular weight excluding hydrogens is 439 g/mol. The fourth-order valence-corrected chi connectivity index (χ4v) is 2.94. The van der Waals surface area contributed by atoms with Crippen LogP contribution in [0, 0.1) is 0 Å². The average Bonchev–Trinajstić information content (AvgIpc) is 3.04. The maximum atomic E-state index is 5.35. The van der Waals surface area contributed by atoms with Crippen molar-refractivity contribution in [2.75, 3.05) is 32.8 Å². The molecule has 0 saturated heterocycles. The molecule has 1 aromatic heterocycles. The molecule has 2 rings (SSSR count). The number of ether oxygens (including phenoxy) is 1. The van der Waals surface area contributed by atoms with Gasteiger partial charge in [-0.1, -0.05) is 25.1 Å². The first-order valence-electron chi connectivity index (χ1n) is 9.47. The van der Waals surface area contributed by atoms with Crippen LogP contribution in [0.15, 0.2) is 29.4 Å². The van der Waals surface area contributed by atoms with Crippen molar-refractivity contribution in [3.05, 3.63) is 35.5 Å². The number of hydrogen-bond donors (Lipinski definition) is 3. The van der Waals surface area contributed by atoms with E-state index in [2.05, 4.69) is 58.9 Å². The van der Waals surface area contributed by atoms with E-state index >= 15 is 0 Å². The molecule has 0 aliphatic carbocycles. The van der Waals surface area contributed by atoms with Crippen molar-refractivity contribution in [3.63, 3.8) is 0 Å². The third kappa shape index (κ3) is 6.79. The Bertz CT molecular complexity index is 669. The maximum Gasteiger partial charge on any atom is 0.191 e. The van der Waals surface area contributed by atoms with Crippen LogP contribution in [0.25, 0.3) is 10.9 Å². The second-order valence-corrected chi connectivity index (χ2v) is 6.00. The second-order valence-electron chi connectivity index (χ2n) is 6.00. The highest BCUT2D eigenvalue weighted by Gasteiger charge is 2.06. The number of H-pyrrole nitrogens is 1. The summed E-state index contributed by atoms with van der Waals surface area (Å²) in [6.45, 7) is 10.3. The van der Waals surface area contributed by atoms with Crippen LogP contribution in [0.3, 0.4) is 0 Å². The minimum absolute atomic E-state index is 0. The molecule has 0 aliphatic rings. The Balaban J connectivity index is 0.00000338. The lowest BCUT2D eigenvalue weighted by atomic mass is 10.1. The molecule has 0 spiro atoms. The quantitative estimate of drug-likeness (QED) is 0.213. The number of fused-ring (bicyclic) bond motifs is 1. The van der Waals surface area contributed by atoms with E-state index in [1.807, 2.05) is 6.92 Å². The van der Waals surface area contributed by atoms with Crippen molar-refractivity contribution < 1.29 is 4.74 Å². The molecule has 0 saturated carbocycles. The van der Waals surface area contributed by atoms with E-state index in [9.17, 15) is 0 Å². The zero-order chi connectivity index (χ0) is 17.9. The Morgan fingerprint density at radius 2 is 2.00 bits per heavy atom. The number of rotatable bonds is 10. The smallest absolute Gasteiger partial charge is 0.191 e. The number of nitrogens with one attached hydrogen (secondary N) is 3. The number of aliphatic imine (C=N–C) groups is 1. The number of guanidine groups is 1. The molecule has 0 radical (unpaired) electrons. The molecule has 146 valence electrons. The van der Waals surface area contributed by atoms with Crippen LogP contribution < -0.4 is 10.6 Å². The topological polar surface area (TPSA) is 61.4 Å². The number of para-hydroxylation sites is 1. The largest absolute Gasteiger partial charge is 0.382 e. The summed E-state index contributed by atoms with van der Waals surface area (Å²) in [6, 6.07) is 6.54. The predicted molar refractivity (Wildman–Crippen MR) is 122 cm³/mol. The lowest BCUT2D eigenvalue weighted by Crippen LogP contribution is -2.38. The molecule has 0 aliphatic heterocycles. The standard InChI is InChI=1S/C20H32N4O.HI/c1-4-16-9-7-10-18-17(15-24-19(16)18)11-13-23-20(21-5-2)22-12-8-14-25-6-3;/h7,9-10,15,24H,4-6,8,11-14H2,1-3H3,(H2,21,22,23);1H. The molecule has 5 nitrogen and oxygen atoms in total. The van der Waals surface area contributed by atoms with Crippen LogP contribution in [-0.4, -0.2) is 43.8 Å². The van der Waals surface area contributed by atoms with Gasteiger partial charge in [0.2, 0.25) is 0 Å². The van der Waals surface area contributed by atoms with Crippen molar-refractivity contribution in [1.29, 1.82) is 0 Å². The van der Waals surface area contributed by atoms with Gasteiger partial charge in [-0.2, -0.15) is 0 Å². The molecule has 6 heteroatoms. The fraction of sp³-hybridized carbons (Fsp3) is 0.550. The van der Waals surface area contributed by atoms with Gasteiger partial charge in [-0.3, -0.25) is 4.99 Å². The van der Waals surface area contributed by atoms with E-state index < -0.39 is 0 Å². The van der Waals surface area contributed by atoms with Gasteiger partial charge in [0.15, 0.2) is 5.96 Å². The molecule has 3 N–H and O–H groups in total. The molecule has 0 atom stereocenters. The summed E-state index contributed by atoms with van der Waals surface area (Å²) >= 11 is 0. The highest BCUT2D eigenvalue weighted by molar-refractivity contribution is 14.0. The number of aryl methyl sites for hydroxylation is 1. The summed E-state index contributed by atoms with van der Waals surface area (Å²) in [4.78, 5) is 8.04. The molecule has 1 aromatic carbocycles. The third-order valence-electron chi connectivity index (χ3n) is 4.22. The molecule has 0 amide bonds. The van der Waals surface area contributed by atoms with Gasteiger partial charge in [-0.15, -0.1) is 24.0 Å². The van der Waals surface area contributed by atoms with Crippen molar-refractivity contribution in [2.45, 2.75) is 40.0 Å². The Morgan fingerprint density at radius 1 is 1.15 bits per heavy atom. The van der Waals surface area contributed by atoms with E-state index in [4.69, 9.17) is 4.74 Å². The lowest BCUT2D eigenvalue weighted by molar-refractivity contribution is 0.146. The Hall–Kier alpha value is -1.28. The number of aromatic amines is 1. The van der Waals surface area contributed by atoms with Gasteiger partial charge in [0.05, 0.1) is 0 Å². The van der Waals surface area contributed by atoms with Crippen molar-refractivity contribution >= 4 is 40.8 Å². The van der Waals surface area contributed by atoms with Crippen LogP contribution in [0.1, 0.15) is 38.3 Å². The second kappa shape index (κ2) is 13.0. The van der Waals surface area contributed by atoms with Crippen LogP contribution in [0.5, 0.6) is 0 Å². The average molecular weight is 472 g/mol. The van der Waals surface area contributed by atoms with Gasteiger partial charge in [0.1, 0.15) is 0 Å². The molecule has 26 heavy (non-hydrogen) atoms. The van der Waals surface area contributed by atoms with Crippen LogP contribution >= 0.6 is 24.0 Å². The first-order valence-corrected chi connectivity index (χ1v) is 9.47. The minimum atomic E-state index is 0. The Morgan fingerprint density at radius 3 is 2.73 bits per heavy atom. The van der Waals surface area contributed by atoms with Crippen LogP contribution in [0.2, 0.25) is 0 Å². The zero-order valence-electron chi connectivity index (χ0n) is 16.2. The third-order valence-corrected chi connectivity index (χ3v) is 4.22. The van der Waals surface area contributed by atoms with Crippen molar-refractivity contribution in [2.24, 2.45) is 4.99 Å². The van der Waals surface area contributed by atoms with E-state index in [-0.39, 0.29) is 24.0 Å². The van der Waals surface area contributed by atoms with Crippen molar-refractivity contribution in [3.8, 4) is 0 Å². The normalized spacial score (nSPS) is 11.4. The van der Waals surface area contributed by atoms with Gasteiger partial charge < -0.3 is 20.4 Å². The first-order chi connectivity index (χ1) is 12.3. The Labute approximate surface area is 174 Å². The zero-order valence-corrected chi connectivity index (χ0v) is 18.6. The summed E-state index contributed by atoms with van der Waals surface area (Å²) < 4.78 is 5.35. The molecule has 0 bridgehead atoms. The number of hydrogen-bond acceptors (Lipinski definition) is 2. The number of aromatic nitrogens is 1. The molecule has 1 heterocycles. The number of nitrogens with zero attached hydrogens (tertiary/aromatic N) is 1. The summed E-state index contributed by atoms with van der Waals surface area (Å²) in [6.07, 6.45) is 5.11. The molecule has 2 aromatic rings. The summed E-state index contributed by atoms with van der Waals surface area (Å²) in [5.74, 6) is 0.882. The highest BCUT2D eigenvalue weighted by Crippen LogP contribution is 2.22. The fourth-order valence-electron chi connectivity index (χ4n) is 2.94. The molecular formula is C20H33IN4O. The Kier molecular flexibility index (Phi) is 11.4. The maximum absolute atomic E-state index is 5.35. The molecule has 0 fully saturated rings. The van der Waals surface area contributed by atoms with E-state index in [0.717, 1.165) is 58.1 Å². The van der Waals surface area contributed by atoms with Gasteiger partial charge in [0.25, 0.3) is 0 Å². The number of halogens is 1. The monoisotopic (exact) mass is 472 g/mol. The van der Waals surface area contributed by atoms with E-state index in [1.165, 1.54) is 22.0 Å². The predicted octanol–water partition coefficient (Wildman–Crippen LogP) is 3.87. The molecule has 0 unspecified atom stereocenters. The lowest BCUT2D eigenvalue weighted by Gasteiger charge is -2.11. The summed E-state index contributed by atoms with van der Waals surface area (Å²) in [7, 11) is 0. The summed E-state index contributed by atoms with van der Waals surface area (Å²) in [5.41, 5.74) is 4.00. The number of benzene rings is 1. The van der Waals surface area contributed by atoms with E-state index in [1.54, 1.807) is 0 Å². The SMILES string of the molecule is CCNC(=NCCCOCC)NCCc1c[nH]c2c(CC)cccc12.I. The minimum Gasteiger partial charge on any atom is -0.382 e. The summed E-state index contributed by atoms with van der Waals surface area (Å²) in [5, 5.41) is 8.06. The van der Waals surface area contributed by atoms with Gasteiger partial charge in [-0.25, -0.2) is 0 Å². The van der Waals surface area contributed by atoms with Crippen LogP contribution in [0.4, 0.5) is 0 Å². The van der Waals surface area contributed by atoms with Gasteiger partial charge in [0, 0.05) is 49.9 Å². The van der Waals surface area contributed by atoms with Gasteiger partial charge in [-0.05, 0) is 44.2 Å². The first kappa shape index (κ1) is 22.8.